The van der Waals surface area contributed by atoms with Crippen LogP contribution >= 0.6 is 0 Å². The number of fused-ring (bicyclic) bond motifs is 1. The lowest BCUT2D eigenvalue weighted by molar-refractivity contribution is 0.00708. The maximum absolute atomic E-state index is 6.04. The van der Waals surface area contributed by atoms with Crippen molar-refractivity contribution in [3.63, 3.8) is 0 Å². The minimum absolute atomic E-state index is 0.108. The lowest BCUT2D eigenvalue weighted by Crippen LogP contribution is -2.18. The molecule has 172 valence electrons. The van der Waals surface area contributed by atoms with Crippen molar-refractivity contribution in [2.45, 2.75) is 71.1 Å². The van der Waals surface area contributed by atoms with Crippen LogP contribution in [-0.4, -0.2) is 52.9 Å². The Bertz CT molecular complexity index is 573. The summed E-state index contributed by atoms with van der Waals surface area (Å²) in [6.07, 6.45) is 9.11. The van der Waals surface area contributed by atoms with E-state index in [1.165, 1.54) is 50.5 Å². The molecule has 0 spiro atoms. The minimum Gasteiger partial charge on any atom is -0.487 e. The topological polar surface area (TPSA) is 46.2 Å². The molecule has 0 aliphatic carbocycles. The summed E-state index contributed by atoms with van der Waals surface area (Å²) in [5, 5.41) is 0. The number of hydrogen-bond acceptors (Lipinski definition) is 5. The summed E-state index contributed by atoms with van der Waals surface area (Å²) in [5.41, 5.74) is 1.40. The van der Waals surface area contributed by atoms with E-state index >= 15 is 0 Å². The zero-order chi connectivity index (χ0) is 21.5. The average molecular weight is 423 g/mol. The van der Waals surface area contributed by atoms with Crippen LogP contribution in [0, 0.1) is 0 Å². The van der Waals surface area contributed by atoms with Crippen molar-refractivity contribution in [2.75, 3.05) is 52.9 Å². The van der Waals surface area contributed by atoms with Crippen LogP contribution in [-0.2, 0) is 19.6 Å². The van der Waals surface area contributed by atoms with Gasteiger partial charge in [0.05, 0.1) is 39.6 Å². The van der Waals surface area contributed by atoms with Gasteiger partial charge in [-0.15, -0.1) is 0 Å². The highest BCUT2D eigenvalue weighted by molar-refractivity contribution is 5.45. The van der Waals surface area contributed by atoms with Crippen molar-refractivity contribution in [3.8, 4) is 11.5 Å². The number of hydrogen-bond donors (Lipinski definition) is 0. The van der Waals surface area contributed by atoms with E-state index in [9.17, 15) is 0 Å². The Hall–Kier alpha value is -1.30. The molecule has 0 N–H and O–H groups in total. The van der Waals surface area contributed by atoms with Gasteiger partial charge in [-0.2, -0.15) is 0 Å². The molecule has 1 heterocycles. The molecule has 0 bridgehead atoms. The van der Waals surface area contributed by atoms with Crippen LogP contribution in [0.5, 0.6) is 11.5 Å². The van der Waals surface area contributed by atoms with E-state index in [-0.39, 0.29) is 5.41 Å². The first-order chi connectivity index (χ1) is 14.6. The van der Waals surface area contributed by atoms with E-state index in [0.29, 0.717) is 52.9 Å². The second-order valence-electron chi connectivity index (χ2n) is 8.60. The average Bonchev–Trinajstić information content (AvgIpc) is 2.75. The van der Waals surface area contributed by atoms with E-state index in [4.69, 9.17) is 23.7 Å². The van der Waals surface area contributed by atoms with Crippen LogP contribution < -0.4 is 9.47 Å². The molecule has 0 unspecified atom stereocenters. The zero-order valence-corrected chi connectivity index (χ0v) is 19.4. The maximum Gasteiger partial charge on any atom is 0.161 e. The molecule has 0 amide bonds. The lowest BCUT2D eigenvalue weighted by Gasteiger charge is -2.26. The maximum atomic E-state index is 6.04. The number of ether oxygens (including phenoxy) is 5. The van der Waals surface area contributed by atoms with Crippen LogP contribution in [0.15, 0.2) is 18.2 Å². The molecule has 1 aliphatic rings. The Morgan fingerprint density at radius 2 is 1.20 bits per heavy atom. The summed E-state index contributed by atoms with van der Waals surface area (Å²) >= 11 is 0. The van der Waals surface area contributed by atoms with Gasteiger partial charge in [-0.3, -0.25) is 0 Å². The van der Waals surface area contributed by atoms with Crippen molar-refractivity contribution in [2.24, 2.45) is 0 Å². The summed E-state index contributed by atoms with van der Waals surface area (Å²) in [7, 11) is 0. The lowest BCUT2D eigenvalue weighted by atomic mass is 9.80. The van der Waals surface area contributed by atoms with E-state index in [1.54, 1.807) is 0 Å². The second-order valence-corrected chi connectivity index (χ2v) is 8.60. The molecule has 2 rings (SSSR count). The molecule has 0 atom stereocenters. The Kier molecular flexibility index (Phi) is 12.2. The van der Waals surface area contributed by atoms with Crippen LogP contribution in [0.3, 0.4) is 0 Å². The largest absolute Gasteiger partial charge is 0.487 e. The Balaban J connectivity index is 1.96. The molecule has 0 fully saturated rings. The van der Waals surface area contributed by atoms with E-state index in [2.05, 4.69) is 32.9 Å². The van der Waals surface area contributed by atoms with E-state index in [0.717, 1.165) is 11.5 Å². The minimum atomic E-state index is 0.108. The van der Waals surface area contributed by atoms with Gasteiger partial charge in [0, 0.05) is 0 Å². The van der Waals surface area contributed by atoms with Crippen molar-refractivity contribution in [1.29, 1.82) is 0 Å². The summed E-state index contributed by atoms with van der Waals surface area (Å²) in [4.78, 5) is 0. The first-order valence-corrected chi connectivity index (χ1v) is 11.8. The third-order valence-corrected chi connectivity index (χ3v) is 5.60. The molecule has 0 radical (unpaired) electrons. The third kappa shape index (κ3) is 9.67. The van der Waals surface area contributed by atoms with Gasteiger partial charge in [0.15, 0.2) is 11.5 Å². The van der Waals surface area contributed by atoms with E-state index in [1.807, 2.05) is 6.07 Å². The molecule has 1 aliphatic heterocycles. The molecular weight excluding hydrogens is 380 g/mol. The van der Waals surface area contributed by atoms with Crippen LogP contribution in [0.25, 0.3) is 0 Å². The third-order valence-electron chi connectivity index (χ3n) is 5.60. The first-order valence-electron chi connectivity index (χ1n) is 11.8. The summed E-state index contributed by atoms with van der Waals surface area (Å²) in [6, 6.07) is 6.36. The standard InChI is InChI=1S/C25H42O5/c1-4-5-6-7-8-9-12-25(2,3)22-10-11-23-24(21-22)30-20-18-28-16-14-26-13-15-27-17-19-29-23/h10-11,21H,4-9,12-20H2,1-3H3. The molecule has 30 heavy (non-hydrogen) atoms. The molecule has 1 aromatic rings. The van der Waals surface area contributed by atoms with Gasteiger partial charge in [0.2, 0.25) is 0 Å². The second kappa shape index (κ2) is 14.7. The smallest absolute Gasteiger partial charge is 0.161 e. The number of rotatable bonds is 8. The van der Waals surface area contributed by atoms with Gasteiger partial charge in [0.1, 0.15) is 13.2 Å². The Morgan fingerprint density at radius 1 is 0.667 bits per heavy atom. The Labute approximate surface area is 183 Å². The zero-order valence-electron chi connectivity index (χ0n) is 19.4. The van der Waals surface area contributed by atoms with Crippen LogP contribution in [0.1, 0.15) is 71.3 Å². The van der Waals surface area contributed by atoms with E-state index < -0.39 is 0 Å². The van der Waals surface area contributed by atoms with Crippen molar-refractivity contribution >= 4 is 0 Å². The highest BCUT2D eigenvalue weighted by atomic mass is 16.6. The fourth-order valence-corrected chi connectivity index (χ4v) is 3.62. The van der Waals surface area contributed by atoms with Gasteiger partial charge >= 0.3 is 0 Å². The first kappa shape index (κ1) is 25.0. The predicted octanol–water partition coefficient (Wildman–Crippen LogP) is 5.54. The van der Waals surface area contributed by atoms with Crippen molar-refractivity contribution in [3.05, 3.63) is 23.8 Å². The van der Waals surface area contributed by atoms with Crippen LogP contribution in [0.2, 0.25) is 0 Å². The van der Waals surface area contributed by atoms with Gasteiger partial charge < -0.3 is 23.7 Å². The molecule has 5 heteroatoms. The molecule has 5 nitrogen and oxygen atoms in total. The van der Waals surface area contributed by atoms with Crippen molar-refractivity contribution < 1.29 is 23.7 Å². The predicted molar refractivity (Wildman–Crippen MR) is 121 cm³/mol. The van der Waals surface area contributed by atoms with Gasteiger partial charge in [-0.05, 0) is 29.5 Å². The summed E-state index contributed by atoms with van der Waals surface area (Å²) in [6.45, 7) is 11.3. The quantitative estimate of drug-likeness (QED) is 0.515. The molecular formula is C25H42O5. The SMILES string of the molecule is CCCCCCCCC(C)(C)c1ccc2c(c1)OCCOCCOCCOCCO2. The summed E-state index contributed by atoms with van der Waals surface area (Å²) in [5.74, 6) is 1.56. The normalized spacial score (nSPS) is 17.2. The van der Waals surface area contributed by atoms with Gasteiger partial charge in [-0.1, -0.05) is 65.4 Å². The molecule has 0 saturated heterocycles. The van der Waals surface area contributed by atoms with Crippen LogP contribution in [0.4, 0.5) is 0 Å². The monoisotopic (exact) mass is 422 g/mol. The fourth-order valence-electron chi connectivity index (χ4n) is 3.62. The number of unbranched alkanes of at least 4 members (excludes halogenated alkanes) is 5. The highest BCUT2D eigenvalue weighted by Crippen LogP contribution is 2.36. The summed E-state index contributed by atoms with van der Waals surface area (Å²) < 4.78 is 28.6. The fraction of sp³-hybridized carbons (Fsp3) is 0.760. The van der Waals surface area contributed by atoms with Gasteiger partial charge in [0.25, 0.3) is 0 Å². The van der Waals surface area contributed by atoms with Gasteiger partial charge in [-0.25, -0.2) is 0 Å². The Morgan fingerprint density at radius 3 is 1.83 bits per heavy atom. The number of benzene rings is 1. The molecule has 0 aromatic heterocycles. The van der Waals surface area contributed by atoms with Crippen molar-refractivity contribution in [1.82, 2.24) is 0 Å². The molecule has 0 saturated carbocycles. The molecule has 1 aromatic carbocycles. The highest BCUT2D eigenvalue weighted by Gasteiger charge is 2.22.